The van der Waals surface area contributed by atoms with Crippen LogP contribution in [0, 0.1) is 6.92 Å². The lowest BCUT2D eigenvalue weighted by Crippen LogP contribution is -1.83. The van der Waals surface area contributed by atoms with E-state index in [0.29, 0.717) is 5.75 Å². The number of aryl methyl sites for hydroxylation is 1. The summed E-state index contributed by atoms with van der Waals surface area (Å²) in [7, 11) is 1.47. The van der Waals surface area contributed by atoms with Crippen LogP contribution in [0.1, 0.15) is 6.93 Å². The molecule has 10 heavy (non-hydrogen) atoms. The van der Waals surface area contributed by atoms with Gasteiger partial charge in [0.25, 0.3) is 0 Å². The first kappa shape index (κ1) is 5.59. The molecule has 0 aliphatic carbocycles. The predicted molar refractivity (Wildman–Crippen MR) is 39.4 cm³/mol. The molecule has 1 aromatic carbocycles. The Morgan fingerprint density at radius 2 is 2.40 bits per heavy atom. The van der Waals surface area contributed by atoms with Crippen molar-refractivity contribution < 1.29 is 11.2 Å². The first-order valence-corrected chi connectivity index (χ1v) is 2.99. The van der Waals surface area contributed by atoms with Crippen LogP contribution in [0.15, 0.2) is 18.2 Å². The lowest BCUT2D eigenvalue weighted by Gasteiger charge is -2.02. The fourth-order valence-electron chi connectivity index (χ4n) is 0.726. The van der Waals surface area contributed by atoms with Gasteiger partial charge in [0.05, 0.1) is 8.48 Å². The predicted octanol–water partition coefficient (Wildman–Crippen LogP) is 1.71. The number of rotatable bonds is 1. The van der Waals surface area contributed by atoms with Crippen LogP contribution in [0.4, 0.5) is 0 Å². The molecule has 0 heterocycles. The van der Waals surface area contributed by atoms with E-state index in [-0.39, 0.29) is 11.8 Å². The van der Waals surface area contributed by atoms with Gasteiger partial charge in [-0.15, -0.1) is 0 Å². The third-order valence-electron chi connectivity index (χ3n) is 1.25. The molecular formula is C8H10O2. The Morgan fingerprint density at radius 1 is 1.70 bits per heavy atom. The summed E-state index contributed by atoms with van der Waals surface area (Å²) in [6.45, 7) is 1.85. The third kappa shape index (κ3) is 1.21. The van der Waals surface area contributed by atoms with E-state index in [1.165, 1.54) is 7.11 Å². The first-order valence-electron chi connectivity index (χ1n) is 3.49. The van der Waals surface area contributed by atoms with Crippen LogP contribution >= 0.6 is 0 Å². The second-order valence-electron chi connectivity index (χ2n) is 2.09. The van der Waals surface area contributed by atoms with Crippen LogP contribution < -0.4 is 4.74 Å². The zero-order valence-electron chi connectivity index (χ0n) is 7.01. The van der Waals surface area contributed by atoms with Crippen LogP contribution in [0.2, 0.25) is 0 Å². The highest BCUT2D eigenvalue weighted by Gasteiger charge is 1.97. The van der Waals surface area contributed by atoms with Gasteiger partial charge in [0.1, 0.15) is 0 Å². The number of ether oxygens (including phenoxy) is 1. The van der Waals surface area contributed by atoms with Crippen molar-refractivity contribution in [2.75, 3.05) is 7.11 Å². The van der Waals surface area contributed by atoms with Crippen LogP contribution in [0.25, 0.3) is 0 Å². The Hall–Kier alpha value is -1.18. The minimum absolute atomic E-state index is 0.0989. The number of phenolic OH excluding ortho intramolecular Hbond substituents is 1. The smallest absolute Gasteiger partial charge is 0.160 e. The molecule has 0 aliphatic rings. The van der Waals surface area contributed by atoms with Crippen molar-refractivity contribution in [2.24, 2.45) is 0 Å². The van der Waals surface area contributed by atoms with Gasteiger partial charge >= 0.3 is 0 Å². The van der Waals surface area contributed by atoms with Gasteiger partial charge in [-0.25, -0.2) is 0 Å². The molecule has 0 radical (unpaired) electrons. The Bertz CT molecular complexity index is 271. The van der Waals surface area contributed by atoms with E-state index in [4.69, 9.17) is 6.11 Å². The van der Waals surface area contributed by atoms with Crippen LogP contribution in [-0.4, -0.2) is 12.2 Å². The molecule has 0 amide bonds. The number of benzene rings is 1. The van der Waals surface area contributed by atoms with Crippen LogP contribution in [0.5, 0.6) is 11.5 Å². The molecule has 0 aliphatic heterocycles. The summed E-state index contributed by atoms with van der Waals surface area (Å²) in [5, 5.41) is 9.21. The summed E-state index contributed by atoms with van der Waals surface area (Å²) < 4.78 is 12.1. The van der Waals surface area contributed by atoms with Gasteiger partial charge < -0.3 is 9.84 Å². The molecule has 1 rings (SSSR count). The maximum Gasteiger partial charge on any atom is 0.160 e. The Kier molecular flexibility index (Phi) is 1.46. The van der Waals surface area contributed by atoms with E-state index in [0.717, 1.165) is 5.56 Å². The second kappa shape index (κ2) is 2.60. The Labute approximate surface area is 61.5 Å². The fraction of sp³-hybridized carbons (Fsp3) is 0.250. The molecule has 0 aromatic heterocycles. The normalized spacial score (nSPS) is 10.8. The average Bonchev–Trinajstić information content (AvgIpc) is 1.96. The summed E-state index contributed by atoms with van der Waals surface area (Å²) in [6, 6.07) is 3.37. The highest BCUT2D eigenvalue weighted by Crippen LogP contribution is 2.25. The molecule has 0 spiro atoms. The number of hydrogen-bond acceptors (Lipinski definition) is 2. The van der Waals surface area contributed by atoms with E-state index >= 15 is 0 Å². The number of phenols is 1. The molecule has 0 fully saturated rings. The second-order valence-corrected chi connectivity index (χ2v) is 2.09. The quantitative estimate of drug-likeness (QED) is 0.641. The van der Waals surface area contributed by atoms with Gasteiger partial charge in [-0.3, -0.25) is 0 Å². The maximum absolute atomic E-state index is 9.21. The van der Waals surface area contributed by atoms with Crippen molar-refractivity contribution in [3.63, 3.8) is 0 Å². The summed E-state index contributed by atoms with van der Waals surface area (Å²) in [6.07, 6.45) is 0. The van der Waals surface area contributed by atoms with E-state index in [2.05, 4.69) is 0 Å². The zero-order chi connectivity index (χ0) is 8.43. The van der Waals surface area contributed by atoms with Gasteiger partial charge in [-0.2, -0.15) is 0 Å². The standard InChI is InChI=1S/C8H10O2/c1-6-3-4-7(9)8(5-6)10-2/h3-5,9H,1-2H3/i4D. The van der Waals surface area contributed by atoms with Gasteiger partial charge in [0, 0.05) is 0 Å². The SMILES string of the molecule is [2H]c1cc(C)cc(OC)c1O. The fourth-order valence-corrected chi connectivity index (χ4v) is 0.726. The van der Waals surface area contributed by atoms with Crippen molar-refractivity contribution in [2.45, 2.75) is 6.92 Å². The minimum atomic E-state index is -0.0990. The lowest BCUT2D eigenvalue weighted by molar-refractivity contribution is 0.373. The zero-order valence-corrected chi connectivity index (χ0v) is 6.01. The van der Waals surface area contributed by atoms with E-state index in [1.54, 1.807) is 12.1 Å². The van der Waals surface area contributed by atoms with E-state index in [1.807, 2.05) is 6.92 Å². The Balaban J connectivity index is 3.24. The van der Waals surface area contributed by atoms with Gasteiger partial charge in [0.15, 0.2) is 11.5 Å². The van der Waals surface area contributed by atoms with Gasteiger partial charge in [0.2, 0.25) is 0 Å². The van der Waals surface area contributed by atoms with Crippen molar-refractivity contribution in [1.82, 2.24) is 0 Å². The van der Waals surface area contributed by atoms with Crippen molar-refractivity contribution in [3.8, 4) is 11.5 Å². The maximum atomic E-state index is 9.21. The molecule has 2 heteroatoms. The Morgan fingerprint density at radius 3 is 3.00 bits per heavy atom. The van der Waals surface area contributed by atoms with Gasteiger partial charge in [-0.1, -0.05) is 6.07 Å². The molecule has 54 valence electrons. The molecule has 0 saturated heterocycles. The summed E-state index contributed by atoms with van der Waals surface area (Å²) >= 11 is 0. The molecule has 0 unspecified atom stereocenters. The first-order chi connectivity index (χ1) is 5.15. The molecule has 2 nitrogen and oxygen atoms in total. The molecule has 1 aromatic rings. The number of aromatic hydroxyl groups is 1. The minimum Gasteiger partial charge on any atom is -0.504 e. The molecule has 1 N–H and O–H groups in total. The number of methoxy groups -OCH3 is 1. The van der Waals surface area contributed by atoms with Crippen LogP contribution in [-0.2, 0) is 0 Å². The molecule has 0 atom stereocenters. The van der Waals surface area contributed by atoms with Crippen LogP contribution in [0.3, 0.4) is 0 Å². The summed E-state index contributed by atoms with van der Waals surface area (Å²) in [5.41, 5.74) is 0.907. The van der Waals surface area contributed by atoms with Crippen molar-refractivity contribution in [3.05, 3.63) is 23.7 Å². The summed E-state index contributed by atoms with van der Waals surface area (Å²) in [5.74, 6) is 0.258. The summed E-state index contributed by atoms with van der Waals surface area (Å²) in [4.78, 5) is 0. The van der Waals surface area contributed by atoms with Crippen molar-refractivity contribution in [1.29, 1.82) is 0 Å². The largest absolute Gasteiger partial charge is 0.504 e. The molecule has 0 saturated carbocycles. The third-order valence-corrected chi connectivity index (χ3v) is 1.25. The van der Waals surface area contributed by atoms with E-state index in [9.17, 15) is 5.11 Å². The van der Waals surface area contributed by atoms with Gasteiger partial charge in [-0.05, 0) is 24.6 Å². The highest BCUT2D eigenvalue weighted by atomic mass is 16.5. The number of hydrogen-bond donors (Lipinski definition) is 1. The lowest BCUT2D eigenvalue weighted by atomic mass is 10.2. The molecular weight excluding hydrogens is 128 g/mol. The molecule has 0 bridgehead atoms. The van der Waals surface area contributed by atoms with Crippen molar-refractivity contribution >= 4 is 0 Å². The average molecular weight is 139 g/mol. The van der Waals surface area contributed by atoms with E-state index < -0.39 is 0 Å². The topological polar surface area (TPSA) is 29.5 Å². The highest BCUT2D eigenvalue weighted by molar-refractivity contribution is 5.41. The monoisotopic (exact) mass is 139 g/mol.